The molecule has 3 saturated heterocycles. The summed E-state index contributed by atoms with van der Waals surface area (Å²) in [4.78, 5) is 35.8. The summed E-state index contributed by atoms with van der Waals surface area (Å²) in [6.07, 6.45) is 12.8. The Morgan fingerprint density at radius 1 is 1.20 bits per heavy atom. The van der Waals surface area contributed by atoms with Crippen molar-refractivity contribution in [1.82, 2.24) is 5.32 Å². The average Bonchev–Trinajstić information content (AvgIpc) is 3.62. The van der Waals surface area contributed by atoms with Crippen LogP contribution in [0.2, 0.25) is 0 Å². The molecule has 3 aliphatic heterocycles. The van der Waals surface area contributed by atoms with Gasteiger partial charge in [0.05, 0.1) is 43.0 Å². The first kappa shape index (κ1) is 33.2. The van der Waals surface area contributed by atoms with Crippen LogP contribution in [-0.4, -0.2) is 71.2 Å². The van der Waals surface area contributed by atoms with E-state index in [1.54, 1.807) is 13.0 Å². The molecule has 0 bridgehead atoms. The van der Waals surface area contributed by atoms with Gasteiger partial charge in [-0.05, 0) is 52.0 Å². The maximum Gasteiger partial charge on any atom is 0.303 e. The Balaban J connectivity index is 1.49. The smallest absolute Gasteiger partial charge is 0.303 e. The van der Waals surface area contributed by atoms with Crippen LogP contribution in [0.5, 0.6) is 0 Å². The van der Waals surface area contributed by atoms with Crippen LogP contribution in [0.15, 0.2) is 36.0 Å². The second-order valence-corrected chi connectivity index (χ2v) is 12.2. The van der Waals surface area contributed by atoms with E-state index < -0.39 is 23.5 Å². The zero-order valence-electron chi connectivity index (χ0n) is 25.5. The van der Waals surface area contributed by atoms with Crippen LogP contribution in [0.25, 0.3) is 0 Å². The fraction of sp³-hybridized carbons (Fsp3) is 0.719. The Kier molecular flexibility index (Phi) is 11.9. The minimum Gasteiger partial charge on any atom is -0.459 e. The van der Waals surface area contributed by atoms with E-state index >= 15 is 0 Å². The van der Waals surface area contributed by atoms with E-state index in [-0.39, 0.29) is 48.4 Å². The third kappa shape index (κ3) is 10.8. The van der Waals surface area contributed by atoms with Gasteiger partial charge in [-0.15, -0.1) is 0 Å². The van der Waals surface area contributed by atoms with E-state index in [9.17, 15) is 19.5 Å². The van der Waals surface area contributed by atoms with Crippen molar-refractivity contribution in [2.45, 2.75) is 135 Å². The van der Waals surface area contributed by atoms with E-state index in [0.717, 1.165) is 31.3 Å². The Bertz CT molecular complexity index is 1020. The number of nitrogens with one attached hydrogen (secondary N) is 1. The van der Waals surface area contributed by atoms with Gasteiger partial charge in [0.1, 0.15) is 11.9 Å². The summed E-state index contributed by atoms with van der Waals surface area (Å²) in [5.41, 5.74) is 0.660. The predicted molar refractivity (Wildman–Crippen MR) is 155 cm³/mol. The van der Waals surface area contributed by atoms with Gasteiger partial charge in [0.15, 0.2) is 5.79 Å². The average molecular weight is 576 g/mol. The number of amides is 1. The molecule has 0 saturated carbocycles. The molecule has 0 aromatic rings. The molecule has 0 radical (unpaired) electrons. The lowest BCUT2D eigenvalue weighted by atomic mass is 9.86. The van der Waals surface area contributed by atoms with Crippen LogP contribution in [0.4, 0.5) is 0 Å². The Morgan fingerprint density at radius 2 is 1.93 bits per heavy atom. The van der Waals surface area contributed by atoms with Gasteiger partial charge in [-0.25, -0.2) is 0 Å². The van der Waals surface area contributed by atoms with Crippen molar-refractivity contribution >= 4 is 17.7 Å². The molecule has 0 unspecified atom stereocenters. The summed E-state index contributed by atoms with van der Waals surface area (Å²) in [7, 11) is 0. The molecule has 3 heterocycles. The lowest BCUT2D eigenvalue weighted by Gasteiger charge is -2.39. The van der Waals surface area contributed by atoms with Gasteiger partial charge in [0, 0.05) is 32.3 Å². The topological polar surface area (TPSA) is 124 Å². The standard InChI is InChI=1S/C32H49NO8/c1-7-8-9-26(35)17-32(37)19-31(20-38-31)18-27(41-32)13-10-21(2)11-14-29-22(3)16-28(24(5)40-29)33-30(36)15-12-23(4)39-25(6)34/h10-13,15,22-24,27-29,37H,7-9,14,16-20H2,1-6H3,(H,33,36)/b13-10+,15-12-,21-11+/t22-,23-,24+,27+,28+,29-,31+,32+/m0/s1. The lowest BCUT2D eigenvalue weighted by Crippen LogP contribution is -2.50. The molecule has 230 valence electrons. The largest absolute Gasteiger partial charge is 0.459 e. The number of Topliss-reactive ketones (excluding diaryl/α,β-unsaturated/α-hetero) is 1. The van der Waals surface area contributed by atoms with Gasteiger partial charge in [0.2, 0.25) is 5.91 Å². The molecule has 9 nitrogen and oxygen atoms in total. The number of aliphatic hydroxyl groups is 1. The molecule has 3 fully saturated rings. The van der Waals surface area contributed by atoms with Crippen LogP contribution in [0.1, 0.15) is 92.9 Å². The molecular weight excluding hydrogens is 526 g/mol. The number of ether oxygens (including phenoxy) is 4. The second-order valence-electron chi connectivity index (χ2n) is 12.2. The molecule has 41 heavy (non-hydrogen) atoms. The monoisotopic (exact) mass is 575 g/mol. The predicted octanol–water partition coefficient (Wildman–Crippen LogP) is 4.47. The summed E-state index contributed by atoms with van der Waals surface area (Å²) in [6, 6.07) is -0.111. The lowest BCUT2D eigenvalue weighted by molar-refractivity contribution is -0.256. The normalized spacial score (nSPS) is 34.6. The van der Waals surface area contributed by atoms with Crippen LogP contribution in [-0.2, 0) is 33.3 Å². The zero-order valence-corrected chi connectivity index (χ0v) is 25.5. The van der Waals surface area contributed by atoms with E-state index in [0.29, 0.717) is 25.9 Å². The number of carbonyl (C=O) groups excluding carboxylic acids is 3. The van der Waals surface area contributed by atoms with Gasteiger partial charge in [-0.1, -0.05) is 44.1 Å². The molecule has 8 atom stereocenters. The van der Waals surface area contributed by atoms with Crippen molar-refractivity contribution in [2.75, 3.05) is 6.61 Å². The first-order chi connectivity index (χ1) is 19.3. The van der Waals surface area contributed by atoms with Gasteiger partial charge in [0.25, 0.3) is 0 Å². The maximum absolute atomic E-state index is 12.4. The van der Waals surface area contributed by atoms with Gasteiger partial charge in [-0.3, -0.25) is 14.4 Å². The fourth-order valence-electron chi connectivity index (χ4n) is 5.71. The van der Waals surface area contributed by atoms with Crippen molar-refractivity contribution in [3.8, 4) is 0 Å². The number of unbranched alkanes of at least 4 members (excludes halogenated alkanes) is 1. The number of esters is 1. The highest BCUT2D eigenvalue weighted by Crippen LogP contribution is 2.47. The molecule has 1 spiro atoms. The molecule has 0 aliphatic carbocycles. The second kappa shape index (κ2) is 14.7. The Morgan fingerprint density at radius 3 is 2.59 bits per heavy atom. The van der Waals surface area contributed by atoms with Crippen molar-refractivity contribution in [3.63, 3.8) is 0 Å². The van der Waals surface area contributed by atoms with Crippen LogP contribution in [0, 0.1) is 5.92 Å². The molecule has 0 aromatic carbocycles. The number of allylic oxidation sites excluding steroid dienone is 2. The number of hydrogen-bond donors (Lipinski definition) is 2. The quantitative estimate of drug-likeness (QED) is 0.143. The number of carbonyl (C=O) groups is 3. The number of hydrogen-bond acceptors (Lipinski definition) is 8. The van der Waals surface area contributed by atoms with E-state index in [1.165, 1.54) is 13.0 Å². The molecule has 9 heteroatoms. The minimum atomic E-state index is -1.49. The third-order valence-corrected chi connectivity index (χ3v) is 8.04. The zero-order chi connectivity index (χ0) is 30.2. The summed E-state index contributed by atoms with van der Waals surface area (Å²) in [5, 5.41) is 14.1. The number of rotatable bonds is 13. The highest BCUT2D eigenvalue weighted by molar-refractivity contribution is 5.87. The van der Waals surface area contributed by atoms with Crippen molar-refractivity contribution < 1.29 is 38.4 Å². The summed E-state index contributed by atoms with van der Waals surface area (Å²) < 4.78 is 23.0. The molecule has 0 aromatic heterocycles. The van der Waals surface area contributed by atoms with Crippen molar-refractivity contribution in [1.29, 1.82) is 0 Å². The molecule has 3 rings (SSSR count). The minimum absolute atomic E-state index is 0.00248. The van der Waals surface area contributed by atoms with Gasteiger partial charge in [-0.2, -0.15) is 0 Å². The molecular formula is C32H49NO8. The first-order valence-corrected chi connectivity index (χ1v) is 15.0. The SMILES string of the molecule is CCCCC(=O)C[C@]1(O)C[C@@]2(CO2)C[C@@H](/C=C/C(C)=C/C[C@@H]2O[C@H](C)[C@H](NC(=O)/C=C\[C@H](C)OC(C)=O)C[C@@H]2C)O1. The van der Waals surface area contributed by atoms with Gasteiger partial charge >= 0.3 is 5.97 Å². The highest BCUT2D eigenvalue weighted by Gasteiger charge is 2.56. The van der Waals surface area contributed by atoms with Crippen LogP contribution in [0.3, 0.4) is 0 Å². The highest BCUT2D eigenvalue weighted by atomic mass is 16.7. The summed E-state index contributed by atoms with van der Waals surface area (Å²) in [5.74, 6) is -1.86. The van der Waals surface area contributed by atoms with Gasteiger partial charge < -0.3 is 29.4 Å². The van der Waals surface area contributed by atoms with Crippen LogP contribution < -0.4 is 5.32 Å². The Hall–Kier alpha value is -2.33. The first-order valence-electron chi connectivity index (χ1n) is 15.0. The maximum atomic E-state index is 12.4. The number of epoxide rings is 1. The van der Waals surface area contributed by atoms with Crippen molar-refractivity contribution in [2.24, 2.45) is 5.92 Å². The summed E-state index contributed by atoms with van der Waals surface area (Å²) in [6.45, 7) is 11.8. The molecule has 3 aliphatic rings. The number of ketones is 1. The third-order valence-electron chi connectivity index (χ3n) is 8.04. The van der Waals surface area contributed by atoms with E-state index in [1.807, 2.05) is 32.9 Å². The van der Waals surface area contributed by atoms with Crippen molar-refractivity contribution in [3.05, 3.63) is 36.0 Å². The van der Waals surface area contributed by atoms with E-state index in [4.69, 9.17) is 18.9 Å². The summed E-state index contributed by atoms with van der Waals surface area (Å²) >= 11 is 0. The van der Waals surface area contributed by atoms with Crippen LogP contribution >= 0.6 is 0 Å². The Labute approximate surface area is 244 Å². The van der Waals surface area contributed by atoms with E-state index in [2.05, 4.69) is 18.3 Å². The molecule has 2 N–H and O–H groups in total. The molecule has 1 amide bonds. The fourth-order valence-corrected chi connectivity index (χ4v) is 5.71.